The molecule has 15 nitrogen and oxygen atoms in total. The summed E-state index contributed by atoms with van der Waals surface area (Å²) in [6, 6.07) is 2.21. The Bertz CT molecular complexity index is 1210. The molecule has 1 aliphatic rings. The number of hydrogen-bond acceptors (Lipinski definition) is 7. The second-order valence-electron chi connectivity index (χ2n) is 10.4. The number of nitrogens with one attached hydrogen (secondary N) is 4. The molecule has 2 bridgehead atoms. The minimum atomic E-state index is -1.44. The Labute approximate surface area is 243 Å². The number of aliphatic carboxylic acids is 1. The molecule has 9 N–H and O–H groups in total. The fourth-order valence-electron chi connectivity index (χ4n) is 4.37. The van der Waals surface area contributed by atoms with Gasteiger partial charge in [0.1, 0.15) is 18.1 Å². The fraction of sp³-hybridized carbons (Fsp3) is 0.519. The number of rotatable bonds is 7. The van der Waals surface area contributed by atoms with E-state index >= 15 is 0 Å². The summed E-state index contributed by atoms with van der Waals surface area (Å²) in [7, 11) is 1.42. The zero-order valence-corrected chi connectivity index (χ0v) is 24.2. The van der Waals surface area contributed by atoms with Crippen molar-refractivity contribution in [2.45, 2.75) is 64.2 Å². The number of aliphatic imine (C=N–C) groups is 1. The Morgan fingerprint density at radius 3 is 2.40 bits per heavy atom. The highest BCUT2D eigenvalue weighted by molar-refractivity contribution is 5.99. The van der Waals surface area contributed by atoms with Crippen LogP contribution in [0.25, 0.3) is 0 Å². The van der Waals surface area contributed by atoms with Crippen LogP contribution < -0.4 is 32.7 Å². The van der Waals surface area contributed by atoms with Crippen LogP contribution in [0.5, 0.6) is 0 Å². The molecule has 0 saturated heterocycles. The van der Waals surface area contributed by atoms with Gasteiger partial charge in [0.15, 0.2) is 5.96 Å². The number of carboxylic acids is 1. The third-order valence-electron chi connectivity index (χ3n) is 6.73. The average Bonchev–Trinajstić information content (AvgIpc) is 2.92. The summed E-state index contributed by atoms with van der Waals surface area (Å²) in [5.74, 6) is -5.12. The van der Waals surface area contributed by atoms with E-state index < -0.39 is 72.6 Å². The Kier molecular flexibility index (Phi) is 12.2. The molecular formula is C27H40N8O7. The number of likely N-dealkylation sites (N-methyl/N-ethyl adjacent to an activating group) is 1. The topological polar surface area (TPSA) is 238 Å². The lowest BCUT2D eigenvalue weighted by atomic mass is 9.99. The molecule has 2 rings (SSSR count). The first-order valence-electron chi connectivity index (χ1n) is 13.5. The molecule has 0 spiro atoms. The van der Waals surface area contributed by atoms with Gasteiger partial charge in [0, 0.05) is 19.2 Å². The van der Waals surface area contributed by atoms with Gasteiger partial charge in [-0.2, -0.15) is 0 Å². The van der Waals surface area contributed by atoms with Crippen molar-refractivity contribution >= 4 is 41.5 Å². The Morgan fingerprint density at radius 2 is 1.79 bits per heavy atom. The van der Waals surface area contributed by atoms with E-state index in [0.29, 0.717) is 12.0 Å². The lowest BCUT2D eigenvalue weighted by molar-refractivity contribution is -0.142. The quantitative estimate of drug-likeness (QED) is 0.112. The molecule has 230 valence electrons. The number of carbonyl (C=O) groups excluding carboxylic acids is 5. The number of nitrogens with two attached hydrogens (primary N) is 2. The minimum absolute atomic E-state index is 0.120. The van der Waals surface area contributed by atoms with Gasteiger partial charge < -0.3 is 42.7 Å². The molecule has 0 fully saturated rings. The Hall–Kier alpha value is -4.69. The van der Waals surface area contributed by atoms with E-state index in [1.54, 1.807) is 45.0 Å². The molecule has 1 heterocycles. The van der Waals surface area contributed by atoms with Crippen LogP contribution in [0.3, 0.4) is 0 Å². The molecule has 42 heavy (non-hydrogen) atoms. The number of guanidine groups is 1. The van der Waals surface area contributed by atoms with E-state index in [9.17, 15) is 33.9 Å². The van der Waals surface area contributed by atoms with Crippen LogP contribution in [-0.2, 0) is 24.0 Å². The summed E-state index contributed by atoms with van der Waals surface area (Å²) in [4.78, 5) is 82.2. The van der Waals surface area contributed by atoms with Crippen molar-refractivity contribution in [1.29, 1.82) is 0 Å². The first kappa shape index (κ1) is 33.5. The van der Waals surface area contributed by atoms with E-state index in [2.05, 4.69) is 26.3 Å². The minimum Gasteiger partial charge on any atom is -0.481 e. The number of nitrogens with zero attached hydrogens (tertiary/aromatic N) is 2. The van der Waals surface area contributed by atoms with Crippen LogP contribution in [-0.4, -0.2) is 89.7 Å². The van der Waals surface area contributed by atoms with Gasteiger partial charge in [0.25, 0.3) is 5.91 Å². The normalized spacial score (nSPS) is 22.7. The fourth-order valence-corrected chi connectivity index (χ4v) is 4.37. The number of benzene rings is 1. The van der Waals surface area contributed by atoms with Crippen molar-refractivity contribution in [3.63, 3.8) is 0 Å². The predicted molar refractivity (Wildman–Crippen MR) is 153 cm³/mol. The molecule has 0 aromatic heterocycles. The highest BCUT2D eigenvalue weighted by Crippen LogP contribution is 2.17. The molecule has 1 unspecified atom stereocenters. The van der Waals surface area contributed by atoms with E-state index in [1.165, 1.54) is 11.9 Å². The summed E-state index contributed by atoms with van der Waals surface area (Å²) in [5.41, 5.74) is 11.5. The van der Waals surface area contributed by atoms with Gasteiger partial charge in [-0.25, -0.2) is 0 Å². The van der Waals surface area contributed by atoms with Crippen LogP contribution in [0.15, 0.2) is 29.3 Å². The van der Waals surface area contributed by atoms with E-state index in [4.69, 9.17) is 11.5 Å². The summed E-state index contributed by atoms with van der Waals surface area (Å²) >= 11 is 0. The molecule has 4 atom stereocenters. The van der Waals surface area contributed by atoms with Crippen LogP contribution in [0.1, 0.15) is 62.0 Å². The molecule has 1 aromatic rings. The van der Waals surface area contributed by atoms with Crippen molar-refractivity contribution < 1.29 is 33.9 Å². The monoisotopic (exact) mass is 588 g/mol. The molecule has 15 heteroatoms. The molecular weight excluding hydrogens is 548 g/mol. The van der Waals surface area contributed by atoms with Crippen molar-refractivity contribution in [3.8, 4) is 0 Å². The van der Waals surface area contributed by atoms with Gasteiger partial charge in [-0.05, 0) is 43.4 Å². The highest BCUT2D eigenvalue weighted by atomic mass is 16.4. The summed E-state index contributed by atoms with van der Waals surface area (Å²) in [6.45, 7) is 4.73. The van der Waals surface area contributed by atoms with Gasteiger partial charge in [-0.1, -0.05) is 26.0 Å². The van der Waals surface area contributed by atoms with Crippen LogP contribution in [0.2, 0.25) is 0 Å². The van der Waals surface area contributed by atoms with Crippen molar-refractivity contribution in [2.75, 3.05) is 20.1 Å². The summed E-state index contributed by atoms with van der Waals surface area (Å²) in [5, 5.41) is 19.5. The Balaban J connectivity index is 2.49. The van der Waals surface area contributed by atoms with Crippen molar-refractivity contribution in [1.82, 2.24) is 26.2 Å². The largest absolute Gasteiger partial charge is 0.481 e. The van der Waals surface area contributed by atoms with Gasteiger partial charge in [-0.3, -0.25) is 33.8 Å². The lowest BCUT2D eigenvalue weighted by Gasteiger charge is -2.32. The van der Waals surface area contributed by atoms with Crippen LogP contribution in [0.4, 0.5) is 0 Å². The second-order valence-corrected chi connectivity index (χ2v) is 10.4. The number of carboxylic acid groups (broad SMARTS) is 1. The number of amides is 5. The highest BCUT2D eigenvalue weighted by Gasteiger charge is 2.34. The van der Waals surface area contributed by atoms with Gasteiger partial charge in [0.2, 0.25) is 23.6 Å². The summed E-state index contributed by atoms with van der Waals surface area (Å²) in [6.07, 6.45) is -0.276. The molecule has 1 aromatic carbocycles. The third-order valence-corrected chi connectivity index (χ3v) is 6.73. The lowest BCUT2D eigenvalue weighted by Crippen LogP contribution is -2.57. The average molecular weight is 589 g/mol. The maximum Gasteiger partial charge on any atom is 0.305 e. The summed E-state index contributed by atoms with van der Waals surface area (Å²) < 4.78 is 0. The molecule has 0 radical (unpaired) electrons. The van der Waals surface area contributed by atoms with Crippen molar-refractivity contribution in [2.24, 2.45) is 22.4 Å². The molecule has 1 aliphatic heterocycles. The SMILES string of the molecule is CC(C)[C@H]1NC(=O)c2cccc(c2)[C@H](C)NC(=O)C(CC(=O)O)NC(=O)CNC(=O)[C@H](CCCN=C(N)N)N(C)C1=O. The van der Waals surface area contributed by atoms with E-state index in [0.717, 1.165) is 0 Å². The predicted octanol–water partition coefficient (Wildman–Crippen LogP) is -1.41. The van der Waals surface area contributed by atoms with Gasteiger partial charge >= 0.3 is 5.97 Å². The molecule has 0 saturated carbocycles. The van der Waals surface area contributed by atoms with Gasteiger partial charge in [-0.15, -0.1) is 0 Å². The smallest absolute Gasteiger partial charge is 0.305 e. The molecule has 0 aliphatic carbocycles. The van der Waals surface area contributed by atoms with Crippen LogP contribution in [0, 0.1) is 5.92 Å². The Morgan fingerprint density at radius 1 is 1.10 bits per heavy atom. The molecule has 5 amide bonds. The number of hydrogen-bond donors (Lipinski definition) is 7. The maximum absolute atomic E-state index is 13.6. The number of carbonyl (C=O) groups is 6. The van der Waals surface area contributed by atoms with Crippen LogP contribution >= 0.6 is 0 Å². The van der Waals surface area contributed by atoms with E-state index in [1.807, 2.05) is 0 Å². The van der Waals surface area contributed by atoms with Gasteiger partial charge in [0.05, 0.1) is 19.0 Å². The zero-order chi connectivity index (χ0) is 31.6. The first-order chi connectivity index (χ1) is 19.7. The van der Waals surface area contributed by atoms with Crippen molar-refractivity contribution in [3.05, 3.63) is 35.4 Å². The third kappa shape index (κ3) is 9.74. The standard InChI is InChI=1S/C27H40N8O7/c1-14(2)22-26(42)35(4)19(9-6-10-30-27(28)29)25(41)31-13-20(36)33-18(12-21(37)38)24(40)32-15(3)16-7-5-8-17(11-16)23(39)34-22/h5,7-8,11,14-15,18-19,22H,6,9-10,12-13H2,1-4H3,(H,31,41)(H,32,40)(H,33,36)(H,34,39)(H,37,38)(H4,28,29,30)/t15-,18?,19-,22+/m0/s1. The zero-order valence-electron chi connectivity index (χ0n) is 24.2. The number of fused-ring (bicyclic) bond motifs is 2. The maximum atomic E-state index is 13.6. The first-order valence-corrected chi connectivity index (χ1v) is 13.5. The second kappa shape index (κ2) is 15.3. The van der Waals surface area contributed by atoms with E-state index in [-0.39, 0.29) is 30.4 Å².